The first kappa shape index (κ1) is 16.4. The van der Waals surface area contributed by atoms with E-state index in [0.29, 0.717) is 9.90 Å². The van der Waals surface area contributed by atoms with Gasteiger partial charge < -0.3 is 0 Å². The largest absolute Gasteiger partial charge is 0.298 e. The zero-order valence-corrected chi connectivity index (χ0v) is 14.8. The Morgan fingerprint density at radius 3 is 2.78 bits per heavy atom. The van der Waals surface area contributed by atoms with Gasteiger partial charge in [-0.2, -0.15) is 0 Å². The fraction of sp³-hybridized carbons (Fsp3) is 0.571. The number of sulfone groups is 1. The van der Waals surface area contributed by atoms with Crippen LogP contribution in [0.3, 0.4) is 0 Å². The molecule has 23 heavy (non-hydrogen) atoms. The summed E-state index contributed by atoms with van der Waals surface area (Å²) in [4.78, 5) is 10.7. The smallest absolute Gasteiger partial charge is 0.188 e. The molecule has 124 valence electrons. The highest BCUT2D eigenvalue weighted by molar-refractivity contribution is 7.92. The van der Waals surface area contributed by atoms with Crippen LogP contribution in [0.2, 0.25) is 0 Å². The zero-order chi connectivity index (χ0) is 16.4. The quantitative estimate of drug-likeness (QED) is 0.821. The maximum absolute atomic E-state index is 11.9. The van der Waals surface area contributed by atoms with Gasteiger partial charge in [-0.3, -0.25) is 4.90 Å². The zero-order valence-electron chi connectivity index (χ0n) is 13.1. The SMILES string of the molecule is Cc1ncc(CN2CCC[C@@H](c3nnsc3S(C)(=O)=O)C2)cn1. The molecule has 1 fully saturated rings. The monoisotopic (exact) mass is 353 g/mol. The first-order chi connectivity index (χ1) is 10.9. The van der Waals surface area contributed by atoms with E-state index in [1.165, 1.54) is 6.26 Å². The molecule has 0 saturated carbocycles. The van der Waals surface area contributed by atoms with Crippen molar-refractivity contribution in [3.63, 3.8) is 0 Å². The van der Waals surface area contributed by atoms with Crippen molar-refractivity contribution in [2.24, 2.45) is 0 Å². The van der Waals surface area contributed by atoms with E-state index in [1.807, 2.05) is 19.3 Å². The Balaban J connectivity index is 1.74. The lowest BCUT2D eigenvalue weighted by Gasteiger charge is -2.31. The molecule has 3 rings (SSSR count). The van der Waals surface area contributed by atoms with Gasteiger partial charge >= 0.3 is 0 Å². The molecular formula is C14H19N5O2S2. The number of aryl methyl sites for hydroxylation is 1. The van der Waals surface area contributed by atoms with E-state index in [4.69, 9.17) is 0 Å². The molecule has 1 saturated heterocycles. The van der Waals surface area contributed by atoms with Crippen molar-refractivity contribution in [2.45, 2.75) is 36.4 Å². The Bertz CT molecular complexity index is 773. The molecule has 2 aromatic heterocycles. The predicted molar refractivity (Wildman–Crippen MR) is 87.0 cm³/mol. The van der Waals surface area contributed by atoms with Crippen LogP contribution in [0.5, 0.6) is 0 Å². The Hall–Kier alpha value is -1.45. The van der Waals surface area contributed by atoms with Gasteiger partial charge in [-0.1, -0.05) is 4.49 Å². The Morgan fingerprint density at radius 1 is 1.35 bits per heavy atom. The van der Waals surface area contributed by atoms with Crippen LogP contribution in [0.15, 0.2) is 16.6 Å². The van der Waals surface area contributed by atoms with E-state index in [2.05, 4.69) is 24.5 Å². The van der Waals surface area contributed by atoms with Gasteiger partial charge in [-0.05, 0) is 26.3 Å². The average molecular weight is 353 g/mol. The molecule has 7 nitrogen and oxygen atoms in total. The highest BCUT2D eigenvalue weighted by Gasteiger charge is 2.29. The molecular weight excluding hydrogens is 334 g/mol. The standard InChI is InChI=1S/C14H19N5O2S2/c1-10-15-6-11(7-16-10)8-19-5-3-4-12(9-19)13-14(22-18-17-13)23(2,20)21/h6-7,12H,3-5,8-9H2,1-2H3/t12-/m1/s1. The van der Waals surface area contributed by atoms with Crippen LogP contribution in [0.25, 0.3) is 0 Å². The lowest BCUT2D eigenvalue weighted by atomic mass is 9.95. The third-order valence-corrected chi connectivity index (χ3v) is 6.50. The minimum atomic E-state index is -3.27. The molecule has 1 aliphatic heterocycles. The van der Waals surface area contributed by atoms with Gasteiger partial charge in [0, 0.05) is 54.8 Å². The van der Waals surface area contributed by atoms with Gasteiger partial charge in [0.1, 0.15) is 5.82 Å². The highest BCUT2D eigenvalue weighted by Crippen LogP contribution is 2.32. The van der Waals surface area contributed by atoms with Crippen molar-refractivity contribution in [1.29, 1.82) is 0 Å². The molecule has 1 aliphatic rings. The number of piperidine rings is 1. The van der Waals surface area contributed by atoms with Gasteiger partial charge in [0.05, 0.1) is 5.69 Å². The first-order valence-electron chi connectivity index (χ1n) is 7.45. The lowest BCUT2D eigenvalue weighted by molar-refractivity contribution is 0.197. The van der Waals surface area contributed by atoms with Crippen molar-refractivity contribution >= 4 is 21.4 Å². The summed E-state index contributed by atoms with van der Waals surface area (Å²) < 4.78 is 27.9. The number of aromatic nitrogens is 4. The van der Waals surface area contributed by atoms with Crippen molar-refractivity contribution < 1.29 is 8.42 Å². The van der Waals surface area contributed by atoms with Crippen LogP contribution in [0, 0.1) is 6.92 Å². The van der Waals surface area contributed by atoms with E-state index in [0.717, 1.165) is 55.4 Å². The van der Waals surface area contributed by atoms with E-state index in [1.54, 1.807) is 0 Å². The van der Waals surface area contributed by atoms with Crippen molar-refractivity contribution in [2.75, 3.05) is 19.3 Å². The number of nitrogens with zero attached hydrogens (tertiary/aromatic N) is 5. The second-order valence-corrected chi connectivity index (χ2v) is 8.90. The topological polar surface area (TPSA) is 88.9 Å². The molecule has 0 unspecified atom stereocenters. The van der Waals surface area contributed by atoms with E-state index in [-0.39, 0.29) is 5.92 Å². The summed E-state index contributed by atoms with van der Waals surface area (Å²) in [5.74, 6) is 0.871. The summed E-state index contributed by atoms with van der Waals surface area (Å²) in [7, 11) is -3.27. The Morgan fingerprint density at radius 2 is 2.09 bits per heavy atom. The second-order valence-electron chi connectivity index (χ2n) is 5.93. The number of likely N-dealkylation sites (tertiary alicyclic amines) is 1. The van der Waals surface area contributed by atoms with Crippen LogP contribution >= 0.6 is 11.5 Å². The van der Waals surface area contributed by atoms with Crippen molar-refractivity contribution in [3.8, 4) is 0 Å². The molecule has 0 amide bonds. The predicted octanol–water partition coefficient (Wildman–Crippen LogP) is 1.42. The van der Waals surface area contributed by atoms with Crippen LogP contribution in [-0.4, -0.2) is 52.2 Å². The Labute approximate surface area is 139 Å². The fourth-order valence-electron chi connectivity index (χ4n) is 2.88. The lowest BCUT2D eigenvalue weighted by Crippen LogP contribution is -2.34. The van der Waals surface area contributed by atoms with E-state index < -0.39 is 9.84 Å². The number of hydrogen-bond donors (Lipinski definition) is 0. The molecule has 0 radical (unpaired) electrons. The highest BCUT2D eigenvalue weighted by atomic mass is 32.2. The molecule has 0 bridgehead atoms. The number of hydrogen-bond acceptors (Lipinski definition) is 8. The van der Waals surface area contributed by atoms with Crippen LogP contribution < -0.4 is 0 Å². The molecule has 0 aliphatic carbocycles. The summed E-state index contributed by atoms with van der Waals surface area (Å²) >= 11 is 0.969. The van der Waals surface area contributed by atoms with Crippen molar-refractivity contribution in [1.82, 2.24) is 24.5 Å². The first-order valence-corrected chi connectivity index (χ1v) is 10.1. The van der Waals surface area contributed by atoms with Gasteiger partial charge in [0.25, 0.3) is 0 Å². The third-order valence-electron chi connectivity index (χ3n) is 3.95. The van der Waals surface area contributed by atoms with Gasteiger partial charge in [-0.25, -0.2) is 18.4 Å². The molecule has 0 N–H and O–H groups in total. The third kappa shape index (κ3) is 3.91. The van der Waals surface area contributed by atoms with Crippen molar-refractivity contribution in [3.05, 3.63) is 29.5 Å². The van der Waals surface area contributed by atoms with Crippen LogP contribution in [-0.2, 0) is 16.4 Å². The second kappa shape index (κ2) is 6.58. The van der Waals surface area contributed by atoms with E-state index in [9.17, 15) is 8.42 Å². The maximum atomic E-state index is 11.9. The van der Waals surface area contributed by atoms with Crippen LogP contribution in [0.1, 0.15) is 35.8 Å². The fourth-order valence-corrected chi connectivity index (χ4v) is 4.61. The van der Waals surface area contributed by atoms with E-state index >= 15 is 0 Å². The van der Waals surface area contributed by atoms with Crippen LogP contribution in [0.4, 0.5) is 0 Å². The summed E-state index contributed by atoms with van der Waals surface area (Å²) in [5, 5.41) is 4.10. The summed E-state index contributed by atoms with van der Waals surface area (Å²) in [6, 6.07) is 0. The molecule has 9 heteroatoms. The van der Waals surface area contributed by atoms with Gasteiger partial charge in [0.2, 0.25) is 0 Å². The molecule has 0 aromatic carbocycles. The molecule has 2 aromatic rings. The van der Waals surface area contributed by atoms with Gasteiger partial charge in [-0.15, -0.1) is 5.10 Å². The summed E-state index contributed by atoms with van der Waals surface area (Å²) in [6.07, 6.45) is 6.86. The molecule has 1 atom stereocenters. The maximum Gasteiger partial charge on any atom is 0.188 e. The molecule has 3 heterocycles. The van der Waals surface area contributed by atoms with Gasteiger partial charge in [0.15, 0.2) is 14.0 Å². The minimum absolute atomic E-state index is 0.110. The molecule has 0 spiro atoms. The summed E-state index contributed by atoms with van der Waals surface area (Å²) in [6.45, 7) is 4.39. The normalized spacial score (nSPS) is 19.8. The average Bonchev–Trinajstić information content (AvgIpc) is 3.00. The Kier molecular flexibility index (Phi) is 4.69. The summed E-state index contributed by atoms with van der Waals surface area (Å²) in [5.41, 5.74) is 1.69. The minimum Gasteiger partial charge on any atom is -0.298 e. The number of rotatable bonds is 4.